The van der Waals surface area contributed by atoms with E-state index in [0.29, 0.717) is 0 Å². The quantitative estimate of drug-likeness (QED) is 0.733. The lowest BCUT2D eigenvalue weighted by Gasteiger charge is -2.20. The predicted octanol–water partition coefficient (Wildman–Crippen LogP) is 1.05. The van der Waals surface area contributed by atoms with Crippen molar-refractivity contribution in [2.45, 2.75) is 18.9 Å². The normalized spacial score (nSPS) is 28.2. The van der Waals surface area contributed by atoms with Crippen LogP contribution in [0.15, 0.2) is 6.20 Å². The van der Waals surface area contributed by atoms with Gasteiger partial charge in [0, 0.05) is 24.6 Å². The van der Waals surface area contributed by atoms with Gasteiger partial charge >= 0.3 is 0 Å². The number of nitrogens with zero attached hydrogens (tertiary/aromatic N) is 2. The Kier molecular flexibility index (Phi) is 2.12. The van der Waals surface area contributed by atoms with E-state index in [1.807, 2.05) is 20.2 Å². The molecule has 13 heavy (non-hydrogen) atoms. The molecular weight excluding hydrogens is 184 g/mol. The maximum Gasteiger partial charge on any atom is 0.103 e. The molecule has 0 spiro atoms. The van der Waals surface area contributed by atoms with Gasteiger partial charge in [-0.2, -0.15) is 16.9 Å². The first-order valence-electron chi connectivity index (χ1n) is 4.43. The van der Waals surface area contributed by atoms with Crippen LogP contribution in [0, 0.1) is 6.92 Å². The van der Waals surface area contributed by atoms with Crippen LogP contribution in [0.5, 0.6) is 0 Å². The number of hydrogen-bond donors (Lipinski definition) is 1. The fraction of sp³-hybridized carbons (Fsp3) is 0.667. The van der Waals surface area contributed by atoms with Crippen molar-refractivity contribution in [3.8, 4) is 0 Å². The summed E-state index contributed by atoms with van der Waals surface area (Å²) in [4.78, 5) is 0. The van der Waals surface area contributed by atoms with E-state index >= 15 is 0 Å². The third-order valence-electron chi connectivity index (χ3n) is 2.52. The van der Waals surface area contributed by atoms with E-state index in [1.165, 1.54) is 0 Å². The van der Waals surface area contributed by atoms with Crippen LogP contribution in [0.3, 0.4) is 0 Å². The Labute approximate surface area is 82.1 Å². The summed E-state index contributed by atoms with van der Waals surface area (Å²) in [5.74, 6) is 1.85. The molecule has 1 aromatic rings. The van der Waals surface area contributed by atoms with Crippen LogP contribution in [0.4, 0.5) is 0 Å². The van der Waals surface area contributed by atoms with Crippen molar-refractivity contribution in [3.05, 3.63) is 17.5 Å². The molecule has 1 saturated heterocycles. The summed E-state index contributed by atoms with van der Waals surface area (Å²) in [6.45, 7) is 1.95. The Morgan fingerprint density at radius 3 is 2.92 bits per heavy atom. The second-order valence-electron chi connectivity index (χ2n) is 3.64. The van der Waals surface area contributed by atoms with E-state index in [1.54, 1.807) is 16.4 Å². The topological polar surface area (TPSA) is 38.0 Å². The molecule has 0 aliphatic carbocycles. The van der Waals surface area contributed by atoms with Gasteiger partial charge in [0.15, 0.2) is 0 Å². The van der Waals surface area contributed by atoms with Crippen molar-refractivity contribution in [2.75, 3.05) is 11.5 Å². The molecule has 1 atom stereocenters. The molecule has 2 heterocycles. The summed E-state index contributed by atoms with van der Waals surface area (Å²) in [6.07, 6.45) is 2.78. The highest BCUT2D eigenvalue weighted by Gasteiger charge is 2.36. The second kappa shape index (κ2) is 3.03. The van der Waals surface area contributed by atoms with Crippen LogP contribution < -0.4 is 0 Å². The number of aromatic nitrogens is 2. The van der Waals surface area contributed by atoms with Crippen LogP contribution in [-0.4, -0.2) is 26.4 Å². The van der Waals surface area contributed by atoms with E-state index in [9.17, 15) is 5.11 Å². The Morgan fingerprint density at radius 1 is 1.69 bits per heavy atom. The van der Waals surface area contributed by atoms with Crippen molar-refractivity contribution in [2.24, 2.45) is 7.05 Å². The third kappa shape index (κ3) is 1.48. The minimum Gasteiger partial charge on any atom is -0.384 e. The molecule has 1 fully saturated rings. The van der Waals surface area contributed by atoms with E-state index in [0.717, 1.165) is 29.2 Å². The zero-order valence-corrected chi connectivity index (χ0v) is 8.77. The molecule has 72 valence electrons. The van der Waals surface area contributed by atoms with Crippen LogP contribution in [0.1, 0.15) is 17.7 Å². The van der Waals surface area contributed by atoms with Gasteiger partial charge in [0.1, 0.15) is 5.60 Å². The van der Waals surface area contributed by atoms with Gasteiger partial charge in [-0.3, -0.25) is 4.68 Å². The second-order valence-corrected chi connectivity index (χ2v) is 4.74. The molecule has 1 aliphatic rings. The molecule has 0 amide bonds. The fourth-order valence-electron chi connectivity index (χ4n) is 1.82. The summed E-state index contributed by atoms with van der Waals surface area (Å²) in [5.41, 5.74) is 1.33. The highest BCUT2D eigenvalue weighted by Crippen LogP contribution is 2.37. The molecule has 0 bridgehead atoms. The smallest absolute Gasteiger partial charge is 0.103 e. The Balaban J connectivity index is 2.38. The Bertz CT molecular complexity index is 315. The average molecular weight is 198 g/mol. The lowest BCUT2D eigenvalue weighted by molar-refractivity contribution is 0.0650. The SMILES string of the molecule is Cc1nn(C)cc1C1(O)CCSC1. The Morgan fingerprint density at radius 2 is 2.46 bits per heavy atom. The molecular formula is C9H14N2OS. The number of aryl methyl sites for hydroxylation is 2. The van der Waals surface area contributed by atoms with Gasteiger partial charge in [-0.1, -0.05) is 0 Å². The monoisotopic (exact) mass is 198 g/mol. The van der Waals surface area contributed by atoms with Crippen LogP contribution in [-0.2, 0) is 12.6 Å². The van der Waals surface area contributed by atoms with Crippen LogP contribution in [0.25, 0.3) is 0 Å². The van der Waals surface area contributed by atoms with E-state index in [4.69, 9.17) is 0 Å². The zero-order valence-electron chi connectivity index (χ0n) is 7.95. The molecule has 3 nitrogen and oxygen atoms in total. The molecule has 1 aliphatic heterocycles. The summed E-state index contributed by atoms with van der Waals surface area (Å²) < 4.78 is 1.77. The molecule has 1 aromatic heterocycles. The van der Waals surface area contributed by atoms with Gasteiger partial charge in [0.25, 0.3) is 0 Å². The van der Waals surface area contributed by atoms with Crippen molar-refractivity contribution >= 4 is 11.8 Å². The van der Waals surface area contributed by atoms with Gasteiger partial charge in [-0.15, -0.1) is 0 Å². The molecule has 4 heteroatoms. The standard InChI is InChI=1S/C9H14N2OS/c1-7-8(5-11(2)10-7)9(12)3-4-13-6-9/h5,12H,3-4,6H2,1-2H3. The van der Waals surface area contributed by atoms with Gasteiger partial charge in [0.05, 0.1) is 5.69 Å². The molecule has 2 rings (SSSR count). The zero-order chi connectivity index (χ0) is 9.47. The highest BCUT2D eigenvalue weighted by molar-refractivity contribution is 7.99. The van der Waals surface area contributed by atoms with Crippen molar-refractivity contribution < 1.29 is 5.11 Å². The molecule has 0 saturated carbocycles. The average Bonchev–Trinajstić information content (AvgIpc) is 2.59. The molecule has 1 unspecified atom stereocenters. The Hall–Kier alpha value is -0.480. The first kappa shape index (κ1) is 9.09. The van der Waals surface area contributed by atoms with Crippen molar-refractivity contribution in [1.82, 2.24) is 9.78 Å². The van der Waals surface area contributed by atoms with E-state index in [-0.39, 0.29) is 0 Å². The van der Waals surface area contributed by atoms with Gasteiger partial charge in [0.2, 0.25) is 0 Å². The molecule has 0 aromatic carbocycles. The third-order valence-corrected chi connectivity index (χ3v) is 3.69. The largest absolute Gasteiger partial charge is 0.384 e. The minimum atomic E-state index is -0.622. The van der Waals surface area contributed by atoms with Crippen LogP contribution >= 0.6 is 11.8 Å². The highest BCUT2D eigenvalue weighted by atomic mass is 32.2. The van der Waals surface area contributed by atoms with E-state index < -0.39 is 5.60 Å². The summed E-state index contributed by atoms with van der Waals surface area (Å²) >= 11 is 1.81. The maximum atomic E-state index is 10.3. The summed E-state index contributed by atoms with van der Waals surface area (Å²) in [6, 6.07) is 0. The van der Waals surface area contributed by atoms with Crippen molar-refractivity contribution in [1.29, 1.82) is 0 Å². The van der Waals surface area contributed by atoms with Crippen LogP contribution in [0.2, 0.25) is 0 Å². The molecule has 1 N–H and O–H groups in total. The minimum absolute atomic E-state index is 0.622. The summed E-state index contributed by atoms with van der Waals surface area (Å²) in [7, 11) is 1.89. The summed E-state index contributed by atoms with van der Waals surface area (Å²) in [5, 5.41) is 14.5. The maximum absolute atomic E-state index is 10.3. The van der Waals surface area contributed by atoms with Crippen molar-refractivity contribution in [3.63, 3.8) is 0 Å². The predicted molar refractivity (Wildman–Crippen MR) is 53.8 cm³/mol. The van der Waals surface area contributed by atoms with Gasteiger partial charge in [-0.25, -0.2) is 0 Å². The van der Waals surface area contributed by atoms with Gasteiger partial charge in [-0.05, 0) is 19.1 Å². The lowest BCUT2D eigenvalue weighted by Crippen LogP contribution is -2.25. The first-order chi connectivity index (χ1) is 6.12. The van der Waals surface area contributed by atoms with Gasteiger partial charge < -0.3 is 5.11 Å². The van der Waals surface area contributed by atoms with E-state index in [2.05, 4.69) is 5.10 Å². The fourth-order valence-corrected chi connectivity index (χ4v) is 3.09. The lowest BCUT2D eigenvalue weighted by atomic mass is 9.94. The first-order valence-corrected chi connectivity index (χ1v) is 5.58. The number of aliphatic hydroxyl groups is 1. The number of rotatable bonds is 1. The number of thioether (sulfide) groups is 1. The number of hydrogen-bond acceptors (Lipinski definition) is 3. The molecule has 0 radical (unpaired) electrons.